The lowest BCUT2D eigenvalue weighted by Gasteiger charge is -2.43. The number of nitrogens with zero attached hydrogens (tertiary/aromatic N) is 3. The molecule has 1 aliphatic heterocycles. The highest BCUT2D eigenvalue weighted by atomic mass is 32.1. The van der Waals surface area contributed by atoms with E-state index >= 15 is 0 Å². The number of aromatic nitrogens is 1. The average Bonchev–Trinajstić information content (AvgIpc) is 3.29. The topological polar surface area (TPSA) is 80.8 Å². The number of hydrogen-bond donors (Lipinski definition) is 1. The van der Waals surface area contributed by atoms with Crippen LogP contribution < -0.4 is 0 Å². The van der Waals surface area contributed by atoms with Crippen molar-refractivity contribution in [3.05, 3.63) is 76.4 Å². The molecule has 1 saturated heterocycles. The van der Waals surface area contributed by atoms with Crippen molar-refractivity contribution in [2.24, 2.45) is 0 Å². The molecule has 1 aromatic heterocycles. The van der Waals surface area contributed by atoms with E-state index in [2.05, 4.69) is 32.0 Å². The van der Waals surface area contributed by atoms with Gasteiger partial charge in [-0.1, -0.05) is 57.2 Å². The number of piperidine rings is 1. The third kappa shape index (κ3) is 3.74. The van der Waals surface area contributed by atoms with Crippen LogP contribution in [-0.4, -0.2) is 28.7 Å². The van der Waals surface area contributed by atoms with Crippen molar-refractivity contribution in [2.45, 2.75) is 44.4 Å². The second-order valence-corrected chi connectivity index (χ2v) is 9.95. The lowest BCUT2D eigenvalue weighted by Crippen LogP contribution is -2.52. The number of amides is 1. The second kappa shape index (κ2) is 8.33. The van der Waals surface area contributed by atoms with Gasteiger partial charge in [0.15, 0.2) is 0 Å². The predicted octanol–water partition coefficient (Wildman–Crippen LogP) is 5.69. The summed E-state index contributed by atoms with van der Waals surface area (Å²) in [6.07, 6.45) is 2.24. The Kier molecular flexibility index (Phi) is 5.70. The Morgan fingerprint density at radius 3 is 2.62 bits per heavy atom. The minimum absolute atomic E-state index is 0.0794. The first kappa shape index (κ1) is 21.9. The summed E-state index contributed by atoms with van der Waals surface area (Å²) in [7, 11) is 1.68. The number of carbonyl (C=O) groups excluding carboxylic acids is 1. The first-order valence-corrected chi connectivity index (χ1v) is 11.5. The SMILES string of the molecule is CC(C)c1ccc([C@@H]2C(=O)N(C)C(=N)C[C@]2(C)c2ncc(-c3cccc(C#N)c3)s2)cc1. The summed E-state index contributed by atoms with van der Waals surface area (Å²) in [4.78, 5) is 20.6. The monoisotopic (exact) mass is 442 g/mol. The summed E-state index contributed by atoms with van der Waals surface area (Å²) in [6, 6.07) is 17.9. The molecule has 0 radical (unpaired) electrons. The number of benzene rings is 2. The molecule has 3 aromatic rings. The molecule has 0 bridgehead atoms. The van der Waals surface area contributed by atoms with Crippen LogP contribution >= 0.6 is 11.3 Å². The first-order chi connectivity index (χ1) is 15.2. The Balaban J connectivity index is 1.79. The molecular weight excluding hydrogens is 416 g/mol. The molecule has 1 N–H and O–H groups in total. The van der Waals surface area contributed by atoms with Gasteiger partial charge in [-0.2, -0.15) is 5.26 Å². The molecule has 4 rings (SSSR count). The lowest BCUT2D eigenvalue weighted by molar-refractivity contribution is -0.131. The van der Waals surface area contributed by atoms with Crippen LogP contribution in [0.2, 0.25) is 0 Å². The quantitative estimate of drug-likeness (QED) is 0.564. The van der Waals surface area contributed by atoms with Gasteiger partial charge in [0.25, 0.3) is 0 Å². The van der Waals surface area contributed by atoms with Crippen LogP contribution in [0.25, 0.3) is 10.4 Å². The fourth-order valence-corrected chi connectivity index (χ4v) is 5.45. The van der Waals surface area contributed by atoms with E-state index in [-0.39, 0.29) is 5.91 Å². The maximum Gasteiger partial charge on any atom is 0.236 e. The molecule has 5 nitrogen and oxygen atoms in total. The van der Waals surface area contributed by atoms with E-state index in [1.54, 1.807) is 13.1 Å². The van der Waals surface area contributed by atoms with Gasteiger partial charge < -0.3 is 4.90 Å². The molecule has 2 aromatic carbocycles. The normalized spacial score (nSPS) is 21.1. The predicted molar refractivity (Wildman–Crippen MR) is 128 cm³/mol. The highest BCUT2D eigenvalue weighted by Gasteiger charge is 2.50. The van der Waals surface area contributed by atoms with Gasteiger partial charge >= 0.3 is 0 Å². The van der Waals surface area contributed by atoms with Crippen molar-refractivity contribution < 1.29 is 4.79 Å². The van der Waals surface area contributed by atoms with Crippen molar-refractivity contribution >= 4 is 23.1 Å². The van der Waals surface area contributed by atoms with Crippen LogP contribution in [0.3, 0.4) is 0 Å². The van der Waals surface area contributed by atoms with Gasteiger partial charge in [0, 0.05) is 25.1 Å². The van der Waals surface area contributed by atoms with Crippen LogP contribution in [-0.2, 0) is 10.2 Å². The fourth-order valence-electron chi connectivity index (χ4n) is 4.36. The van der Waals surface area contributed by atoms with Crippen LogP contribution in [0.15, 0.2) is 54.7 Å². The van der Waals surface area contributed by atoms with E-state index in [1.807, 2.05) is 43.5 Å². The molecule has 32 heavy (non-hydrogen) atoms. The zero-order valence-electron chi connectivity index (χ0n) is 18.7. The van der Waals surface area contributed by atoms with E-state index in [0.29, 0.717) is 23.7 Å². The molecule has 0 unspecified atom stereocenters. The molecule has 2 heterocycles. The maximum atomic E-state index is 13.4. The summed E-state index contributed by atoms with van der Waals surface area (Å²) < 4.78 is 0. The van der Waals surface area contributed by atoms with E-state index in [1.165, 1.54) is 21.8 Å². The van der Waals surface area contributed by atoms with Gasteiger partial charge in [-0.15, -0.1) is 11.3 Å². The van der Waals surface area contributed by atoms with E-state index in [9.17, 15) is 10.1 Å². The number of amidine groups is 1. The fraction of sp³-hybridized carbons (Fsp3) is 0.308. The van der Waals surface area contributed by atoms with Gasteiger partial charge in [0.05, 0.1) is 22.4 Å². The van der Waals surface area contributed by atoms with Gasteiger partial charge in [0.2, 0.25) is 5.91 Å². The molecule has 162 valence electrons. The molecule has 6 heteroatoms. The van der Waals surface area contributed by atoms with E-state index in [4.69, 9.17) is 10.4 Å². The van der Waals surface area contributed by atoms with Gasteiger partial charge in [-0.05, 0) is 34.7 Å². The highest BCUT2D eigenvalue weighted by Crippen LogP contribution is 2.48. The largest absolute Gasteiger partial charge is 0.303 e. The standard InChI is InChI=1S/C26H26N4OS/c1-16(2)18-8-10-19(11-9-18)23-24(31)30(4)22(28)13-26(23,3)25-29-15-21(32-25)20-7-5-6-17(12-20)14-27/h5-12,15-16,23,28H,13H2,1-4H3/t23-,26+/m1/s1. The van der Waals surface area contributed by atoms with E-state index in [0.717, 1.165) is 21.0 Å². The number of hydrogen-bond acceptors (Lipinski definition) is 5. The zero-order chi connectivity index (χ0) is 23.0. The minimum atomic E-state index is -0.629. The van der Waals surface area contributed by atoms with Crippen molar-refractivity contribution in [1.82, 2.24) is 9.88 Å². The first-order valence-electron chi connectivity index (χ1n) is 10.7. The Morgan fingerprint density at radius 1 is 1.25 bits per heavy atom. The summed E-state index contributed by atoms with van der Waals surface area (Å²) in [6.45, 7) is 6.35. The summed E-state index contributed by atoms with van der Waals surface area (Å²) >= 11 is 1.53. The Bertz CT molecular complexity index is 1220. The Labute approximate surface area is 192 Å². The number of thiazole rings is 1. The maximum absolute atomic E-state index is 13.4. The average molecular weight is 443 g/mol. The number of likely N-dealkylation sites (tertiary alicyclic amines) is 1. The number of carbonyl (C=O) groups is 1. The van der Waals surface area contributed by atoms with Crippen LogP contribution in [0.4, 0.5) is 0 Å². The van der Waals surface area contributed by atoms with Crippen molar-refractivity contribution in [3.63, 3.8) is 0 Å². The molecule has 1 amide bonds. The van der Waals surface area contributed by atoms with Gasteiger partial charge in [-0.3, -0.25) is 10.2 Å². The number of nitriles is 1. The zero-order valence-corrected chi connectivity index (χ0v) is 19.5. The van der Waals surface area contributed by atoms with Crippen LogP contribution in [0.5, 0.6) is 0 Å². The summed E-state index contributed by atoms with van der Waals surface area (Å²) in [5.41, 5.74) is 3.08. The third-order valence-corrected chi connectivity index (χ3v) is 7.69. The number of rotatable bonds is 4. The van der Waals surface area contributed by atoms with Crippen LogP contribution in [0, 0.1) is 16.7 Å². The molecule has 0 aliphatic carbocycles. The Morgan fingerprint density at radius 2 is 1.97 bits per heavy atom. The van der Waals surface area contributed by atoms with Crippen LogP contribution in [0.1, 0.15) is 60.7 Å². The molecular formula is C26H26N4OS. The van der Waals surface area contributed by atoms with Crippen molar-refractivity contribution in [1.29, 1.82) is 10.7 Å². The summed E-state index contributed by atoms with van der Waals surface area (Å²) in [5, 5.41) is 18.5. The Hall–Kier alpha value is -3.30. The van der Waals surface area contributed by atoms with Gasteiger partial charge in [0.1, 0.15) is 10.8 Å². The highest BCUT2D eigenvalue weighted by molar-refractivity contribution is 7.15. The summed E-state index contributed by atoms with van der Waals surface area (Å²) in [5.74, 6) is 0.214. The minimum Gasteiger partial charge on any atom is -0.303 e. The van der Waals surface area contributed by atoms with E-state index < -0.39 is 11.3 Å². The van der Waals surface area contributed by atoms with Crippen molar-refractivity contribution in [3.8, 4) is 16.5 Å². The molecule has 1 fully saturated rings. The second-order valence-electron chi connectivity index (χ2n) is 8.91. The van der Waals surface area contributed by atoms with Gasteiger partial charge in [-0.25, -0.2) is 4.98 Å². The number of likely N-dealkylation sites (N-methyl/N-ethyl adjacent to an activating group) is 1. The smallest absolute Gasteiger partial charge is 0.236 e. The molecule has 1 aliphatic rings. The third-order valence-electron chi connectivity index (χ3n) is 6.36. The van der Waals surface area contributed by atoms with Crippen molar-refractivity contribution in [2.75, 3.05) is 7.05 Å². The number of nitrogens with one attached hydrogen (secondary N) is 1. The lowest BCUT2D eigenvalue weighted by atomic mass is 9.68. The molecule has 2 atom stereocenters. The molecule has 0 spiro atoms. The molecule has 0 saturated carbocycles.